The van der Waals surface area contributed by atoms with E-state index in [0.29, 0.717) is 0 Å². The van der Waals surface area contributed by atoms with E-state index in [2.05, 4.69) is 25.9 Å². The van der Waals surface area contributed by atoms with Crippen LogP contribution in [-0.4, -0.2) is 16.0 Å². The van der Waals surface area contributed by atoms with E-state index in [4.69, 9.17) is 5.73 Å². The molecule has 0 aliphatic carbocycles. The van der Waals surface area contributed by atoms with Crippen molar-refractivity contribution in [3.8, 4) is 11.4 Å². The Morgan fingerprint density at radius 3 is 2.76 bits per heavy atom. The number of hydrogen-bond acceptors (Lipinski definition) is 3. The van der Waals surface area contributed by atoms with Gasteiger partial charge in [-0.25, -0.2) is 9.97 Å². The molecule has 1 unspecified atom stereocenters. The average Bonchev–Trinajstić information content (AvgIpc) is 2.29. The Labute approximate surface area is 109 Å². The fourth-order valence-corrected chi connectivity index (χ4v) is 2.07. The molecule has 1 heterocycles. The van der Waals surface area contributed by atoms with Crippen molar-refractivity contribution in [1.82, 2.24) is 9.97 Å². The predicted octanol–water partition coefficient (Wildman–Crippen LogP) is 2.80. The highest BCUT2D eigenvalue weighted by Crippen LogP contribution is 2.24. The maximum Gasteiger partial charge on any atom is 0.160 e. The van der Waals surface area contributed by atoms with E-state index in [1.54, 1.807) is 6.20 Å². The van der Waals surface area contributed by atoms with Crippen molar-refractivity contribution in [1.29, 1.82) is 0 Å². The number of nitrogens with two attached hydrogens (primary N) is 1. The first-order chi connectivity index (χ1) is 8.16. The zero-order valence-corrected chi connectivity index (χ0v) is 11.2. The maximum atomic E-state index is 5.77. The van der Waals surface area contributed by atoms with E-state index in [0.717, 1.165) is 28.0 Å². The van der Waals surface area contributed by atoms with Gasteiger partial charge in [0.2, 0.25) is 0 Å². The zero-order valence-electron chi connectivity index (χ0n) is 9.60. The number of benzene rings is 1. The third-order valence-corrected chi connectivity index (χ3v) is 3.05. The van der Waals surface area contributed by atoms with Gasteiger partial charge in [0.1, 0.15) is 0 Å². The molecular weight excluding hydrogens is 278 g/mol. The fraction of sp³-hybridized carbons (Fsp3) is 0.231. The number of nitrogens with zero attached hydrogens (tertiary/aromatic N) is 2. The molecular formula is C13H14BrN3. The second kappa shape index (κ2) is 5.38. The third kappa shape index (κ3) is 3.11. The van der Waals surface area contributed by atoms with Crippen LogP contribution in [0.3, 0.4) is 0 Å². The SMILES string of the molecule is CC(N)Cc1ccnc(-c2ccccc2Br)n1. The molecule has 0 spiro atoms. The molecule has 0 amide bonds. The molecule has 1 aromatic heterocycles. The van der Waals surface area contributed by atoms with Gasteiger partial charge in [0.25, 0.3) is 0 Å². The Morgan fingerprint density at radius 1 is 1.29 bits per heavy atom. The molecule has 0 fully saturated rings. The second-order valence-corrected chi connectivity index (χ2v) is 4.89. The highest BCUT2D eigenvalue weighted by atomic mass is 79.9. The van der Waals surface area contributed by atoms with E-state index < -0.39 is 0 Å². The number of rotatable bonds is 3. The van der Waals surface area contributed by atoms with Crippen LogP contribution in [0.5, 0.6) is 0 Å². The number of hydrogen-bond donors (Lipinski definition) is 1. The van der Waals surface area contributed by atoms with Gasteiger partial charge in [-0.2, -0.15) is 0 Å². The molecule has 0 aliphatic heterocycles. The Kier molecular flexibility index (Phi) is 3.86. The van der Waals surface area contributed by atoms with Gasteiger partial charge in [0, 0.05) is 34.4 Å². The van der Waals surface area contributed by atoms with Crippen molar-refractivity contribution in [3.05, 3.63) is 46.7 Å². The van der Waals surface area contributed by atoms with Crippen LogP contribution in [0, 0.1) is 0 Å². The van der Waals surface area contributed by atoms with Crippen molar-refractivity contribution in [2.24, 2.45) is 5.73 Å². The lowest BCUT2D eigenvalue weighted by Gasteiger charge is -2.07. The van der Waals surface area contributed by atoms with Crippen molar-refractivity contribution < 1.29 is 0 Å². The Morgan fingerprint density at radius 2 is 2.06 bits per heavy atom. The molecule has 1 aromatic carbocycles. The summed E-state index contributed by atoms with van der Waals surface area (Å²) in [7, 11) is 0. The lowest BCUT2D eigenvalue weighted by molar-refractivity contribution is 0.720. The van der Waals surface area contributed by atoms with Gasteiger partial charge in [-0.15, -0.1) is 0 Å². The standard InChI is InChI=1S/C13H14BrN3/c1-9(15)8-10-6-7-16-13(17-10)11-4-2-3-5-12(11)14/h2-7,9H,8,15H2,1H3. The fourth-order valence-electron chi connectivity index (χ4n) is 1.61. The van der Waals surface area contributed by atoms with E-state index >= 15 is 0 Å². The van der Waals surface area contributed by atoms with Crippen LogP contribution in [0.25, 0.3) is 11.4 Å². The predicted molar refractivity (Wildman–Crippen MR) is 72.5 cm³/mol. The molecule has 3 nitrogen and oxygen atoms in total. The molecule has 2 N–H and O–H groups in total. The molecule has 4 heteroatoms. The summed E-state index contributed by atoms with van der Waals surface area (Å²) in [5, 5.41) is 0. The number of halogens is 1. The van der Waals surface area contributed by atoms with E-state index in [9.17, 15) is 0 Å². The van der Waals surface area contributed by atoms with Gasteiger partial charge in [-0.3, -0.25) is 0 Å². The molecule has 0 bridgehead atoms. The minimum Gasteiger partial charge on any atom is -0.328 e. The lowest BCUT2D eigenvalue weighted by atomic mass is 10.1. The largest absolute Gasteiger partial charge is 0.328 e. The molecule has 17 heavy (non-hydrogen) atoms. The van der Waals surface area contributed by atoms with Gasteiger partial charge in [0.05, 0.1) is 0 Å². The van der Waals surface area contributed by atoms with Gasteiger partial charge < -0.3 is 5.73 Å². The molecule has 0 saturated carbocycles. The quantitative estimate of drug-likeness (QED) is 0.946. The highest BCUT2D eigenvalue weighted by Gasteiger charge is 2.07. The minimum absolute atomic E-state index is 0.108. The van der Waals surface area contributed by atoms with Crippen LogP contribution in [0.15, 0.2) is 41.0 Å². The molecule has 0 saturated heterocycles. The topological polar surface area (TPSA) is 51.8 Å². The van der Waals surface area contributed by atoms with Crippen molar-refractivity contribution in [3.63, 3.8) is 0 Å². The van der Waals surface area contributed by atoms with Crippen LogP contribution < -0.4 is 5.73 Å². The molecule has 88 valence electrons. The summed E-state index contributed by atoms with van der Waals surface area (Å²) in [6.45, 7) is 1.97. The first kappa shape index (κ1) is 12.2. The van der Waals surface area contributed by atoms with Gasteiger partial charge >= 0.3 is 0 Å². The van der Waals surface area contributed by atoms with Crippen LogP contribution in [0.2, 0.25) is 0 Å². The average molecular weight is 292 g/mol. The summed E-state index contributed by atoms with van der Waals surface area (Å²) in [4.78, 5) is 8.82. The van der Waals surface area contributed by atoms with E-state index in [-0.39, 0.29) is 6.04 Å². The molecule has 0 radical (unpaired) electrons. The zero-order chi connectivity index (χ0) is 12.3. The van der Waals surface area contributed by atoms with Crippen LogP contribution in [-0.2, 0) is 6.42 Å². The summed E-state index contributed by atoms with van der Waals surface area (Å²) < 4.78 is 0.998. The monoisotopic (exact) mass is 291 g/mol. The van der Waals surface area contributed by atoms with Crippen LogP contribution >= 0.6 is 15.9 Å². The molecule has 2 rings (SSSR count). The summed E-state index contributed by atoms with van der Waals surface area (Å²) in [6, 6.07) is 9.94. The first-order valence-corrected chi connectivity index (χ1v) is 6.28. The van der Waals surface area contributed by atoms with Crippen molar-refractivity contribution in [2.75, 3.05) is 0 Å². The Hall–Kier alpha value is -1.26. The summed E-state index contributed by atoms with van der Waals surface area (Å²) in [6.07, 6.45) is 2.54. The van der Waals surface area contributed by atoms with E-state index in [1.807, 2.05) is 37.3 Å². The summed E-state index contributed by atoms with van der Waals surface area (Å²) in [5.74, 6) is 0.732. The maximum absolute atomic E-state index is 5.77. The van der Waals surface area contributed by atoms with Crippen LogP contribution in [0.4, 0.5) is 0 Å². The minimum atomic E-state index is 0.108. The Balaban J connectivity index is 2.37. The normalized spacial score (nSPS) is 12.4. The molecule has 1 atom stereocenters. The first-order valence-electron chi connectivity index (χ1n) is 5.49. The summed E-state index contributed by atoms with van der Waals surface area (Å²) >= 11 is 3.50. The molecule has 0 aliphatic rings. The van der Waals surface area contributed by atoms with Gasteiger partial charge in [0.15, 0.2) is 5.82 Å². The molecule has 2 aromatic rings. The lowest BCUT2D eigenvalue weighted by Crippen LogP contribution is -2.18. The smallest absolute Gasteiger partial charge is 0.160 e. The second-order valence-electron chi connectivity index (χ2n) is 4.03. The van der Waals surface area contributed by atoms with Crippen molar-refractivity contribution >= 4 is 15.9 Å². The van der Waals surface area contributed by atoms with Crippen molar-refractivity contribution in [2.45, 2.75) is 19.4 Å². The van der Waals surface area contributed by atoms with E-state index in [1.165, 1.54) is 0 Å². The third-order valence-electron chi connectivity index (χ3n) is 2.36. The summed E-state index contributed by atoms with van der Waals surface area (Å²) in [5.41, 5.74) is 7.75. The Bertz CT molecular complexity index is 512. The number of aromatic nitrogens is 2. The van der Waals surface area contributed by atoms with Crippen LogP contribution in [0.1, 0.15) is 12.6 Å². The van der Waals surface area contributed by atoms with Gasteiger partial charge in [-0.1, -0.05) is 34.1 Å². The highest BCUT2D eigenvalue weighted by molar-refractivity contribution is 9.10. The van der Waals surface area contributed by atoms with Gasteiger partial charge in [-0.05, 0) is 19.1 Å².